The van der Waals surface area contributed by atoms with Crippen molar-refractivity contribution in [3.63, 3.8) is 0 Å². The molecule has 0 unspecified atom stereocenters. The molecule has 1 aromatic carbocycles. The van der Waals surface area contributed by atoms with Gasteiger partial charge < -0.3 is 9.88 Å². The summed E-state index contributed by atoms with van der Waals surface area (Å²) >= 11 is 0. The van der Waals surface area contributed by atoms with E-state index in [2.05, 4.69) is 67.4 Å². The summed E-state index contributed by atoms with van der Waals surface area (Å²) in [6, 6.07) is 11.0. The van der Waals surface area contributed by atoms with Gasteiger partial charge in [-0.05, 0) is 43.3 Å². The molecule has 0 aliphatic rings. The molecule has 0 saturated carbocycles. The maximum atomic E-state index is 9.59. The molecule has 0 amide bonds. The van der Waals surface area contributed by atoms with Crippen molar-refractivity contribution >= 4 is 7.80 Å². The number of H-pyrrole nitrogens is 1. The molecule has 2 aromatic rings. The van der Waals surface area contributed by atoms with Crippen LogP contribution < -0.4 is 0 Å². The summed E-state index contributed by atoms with van der Waals surface area (Å²) in [5, 5.41) is 0. The molecule has 0 saturated heterocycles. The Morgan fingerprint density at radius 2 is 1.67 bits per heavy atom. The number of aryl methyl sites for hydroxylation is 1. The van der Waals surface area contributed by atoms with Crippen LogP contribution in [-0.4, -0.2) is 37.3 Å². The van der Waals surface area contributed by atoms with Gasteiger partial charge >= 0.3 is 7.80 Å². The molecule has 0 atom stereocenters. The molecule has 4 heteroatoms. The van der Waals surface area contributed by atoms with Crippen molar-refractivity contribution in [1.29, 1.82) is 0 Å². The lowest BCUT2D eigenvalue weighted by molar-refractivity contribution is 0.402. The molecular formula is C17H26N2OP+. The average molecular weight is 305 g/mol. The topological polar surface area (TPSA) is 36.1 Å². The van der Waals surface area contributed by atoms with Gasteiger partial charge in [0.1, 0.15) is 13.3 Å². The smallest absolute Gasteiger partial charge is 0.332 e. The van der Waals surface area contributed by atoms with Crippen LogP contribution in [0, 0.1) is 0 Å². The largest absolute Gasteiger partial charge is 0.361 e. The third-order valence-corrected chi connectivity index (χ3v) is 2.91. The summed E-state index contributed by atoms with van der Waals surface area (Å²) in [5.74, 6) is 0. The Hall–Kier alpha value is -1.44. The van der Waals surface area contributed by atoms with Gasteiger partial charge in [0.2, 0.25) is 0 Å². The number of hydrogen-bond acceptors (Lipinski definition) is 2. The SMILES string of the molecule is CCc1c[nH]c(-c2ccc(CN(C)C)cc2)c1.C[P+](C)=O. The Balaban J connectivity index is 0.000000491. The molecule has 0 radical (unpaired) electrons. The lowest BCUT2D eigenvalue weighted by Gasteiger charge is -2.09. The number of nitrogens with zero attached hydrogens (tertiary/aromatic N) is 1. The standard InChI is InChI=1S/C15H20N2.C2H6OP/c1-4-12-9-15(16-10-12)14-7-5-13(6-8-14)11-17(2)3;1-4(2)3/h5-10,16H,4,11H2,1-3H3;1-2H3/q;+1. The van der Waals surface area contributed by atoms with Crippen molar-refractivity contribution in [3.8, 4) is 11.3 Å². The van der Waals surface area contributed by atoms with Crippen LogP contribution in [0.15, 0.2) is 36.5 Å². The molecule has 0 aliphatic carbocycles. The highest BCUT2D eigenvalue weighted by Gasteiger charge is 2.01. The summed E-state index contributed by atoms with van der Waals surface area (Å²) in [4.78, 5) is 5.50. The minimum Gasteiger partial charge on any atom is -0.361 e. The van der Waals surface area contributed by atoms with Crippen LogP contribution in [0.4, 0.5) is 0 Å². The van der Waals surface area contributed by atoms with Crippen LogP contribution in [0.3, 0.4) is 0 Å². The van der Waals surface area contributed by atoms with Gasteiger partial charge in [-0.1, -0.05) is 35.8 Å². The van der Waals surface area contributed by atoms with Crippen molar-refractivity contribution in [2.24, 2.45) is 0 Å². The third kappa shape index (κ3) is 6.70. The minimum absolute atomic E-state index is 0.870. The zero-order chi connectivity index (χ0) is 15.8. The van der Waals surface area contributed by atoms with Crippen molar-refractivity contribution in [2.45, 2.75) is 19.9 Å². The van der Waals surface area contributed by atoms with Gasteiger partial charge in [0.05, 0.1) is 0 Å². The third-order valence-electron chi connectivity index (χ3n) is 2.91. The number of nitrogens with one attached hydrogen (secondary N) is 1. The van der Waals surface area contributed by atoms with Crippen LogP contribution in [0.25, 0.3) is 11.3 Å². The Morgan fingerprint density at radius 3 is 2.10 bits per heavy atom. The molecule has 1 N–H and O–H groups in total. The molecule has 114 valence electrons. The van der Waals surface area contributed by atoms with E-state index in [9.17, 15) is 4.57 Å². The predicted molar refractivity (Wildman–Crippen MR) is 92.5 cm³/mol. The first-order chi connectivity index (χ1) is 9.92. The molecule has 1 heterocycles. The lowest BCUT2D eigenvalue weighted by atomic mass is 10.1. The fraction of sp³-hybridized carbons (Fsp3) is 0.412. The van der Waals surface area contributed by atoms with Gasteiger partial charge in [-0.25, -0.2) is 0 Å². The van der Waals surface area contributed by atoms with Gasteiger partial charge in [0.15, 0.2) is 0 Å². The molecule has 21 heavy (non-hydrogen) atoms. The Labute approximate surface area is 129 Å². The summed E-state index contributed by atoms with van der Waals surface area (Å²) < 4.78 is 9.59. The summed E-state index contributed by atoms with van der Waals surface area (Å²) in [6.07, 6.45) is 3.16. The highest BCUT2D eigenvalue weighted by Crippen LogP contribution is 2.20. The quantitative estimate of drug-likeness (QED) is 0.851. The molecule has 0 spiro atoms. The van der Waals surface area contributed by atoms with E-state index < -0.39 is 7.80 Å². The van der Waals surface area contributed by atoms with Crippen molar-refractivity contribution in [2.75, 3.05) is 27.4 Å². The predicted octanol–water partition coefficient (Wildman–Crippen LogP) is 4.38. The maximum absolute atomic E-state index is 9.59. The normalized spacial score (nSPS) is 10.2. The Morgan fingerprint density at radius 1 is 1.10 bits per heavy atom. The van der Waals surface area contributed by atoms with Gasteiger partial charge in [-0.2, -0.15) is 0 Å². The van der Waals surface area contributed by atoms with Gasteiger partial charge in [-0.3, -0.25) is 0 Å². The van der Waals surface area contributed by atoms with Gasteiger partial charge in [0.25, 0.3) is 0 Å². The zero-order valence-electron chi connectivity index (χ0n) is 13.7. The van der Waals surface area contributed by atoms with E-state index in [-0.39, 0.29) is 0 Å². The van der Waals surface area contributed by atoms with Crippen molar-refractivity contribution < 1.29 is 4.57 Å². The fourth-order valence-electron chi connectivity index (χ4n) is 1.96. The van der Waals surface area contributed by atoms with E-state index in [1.165, 1.54) is 22.4 Å². The van der Waals surface area contributed by atoms with E-state index in [1.807, 2.05) is 0 Å². The second-order valence-corrected chi connectivity index (χ2v) is 7.15. The number of hydrogen-bond donors (Lipinski definition) is 1. The second-order valence-electron chi connectivity index (χ2n) is 5.52. The van der Waals surface area contributed by atoms with E-state index >= 15 is 0 Å². The average Bonchev–Trinajstić information content (AvgIpc) is 2.87. The summed E-state index contributed by atoms with van der Waals surface area (Å²) in [6.45, 7) is 6.52. The minimum atomic E-state index is -0.870. The molecule has 2 rings (SSSR count). The molecule has 3 nitrogen and oxygen atoms in total. The van der Waals surface area contributed by atoms with Gasteiger partial charge in [0, 0.05) is 18.4 Å². The first-order valence-corrected chi connectivity index (χ1v) is 9.33. The van der Waals surface area contributed by atoms with Crippen molar-refractivity contribution in [3.05, 3.63) is 47.7 Å². The molecule has 0 fully saturated rings. The first kappa shape index (κ1) is 17.6. The van der Waals surface area contributed by atoms with Gasteiger partial charge in [-0.15, -0.1) is 0 Å². The van der Waals surface area contributed by atoms with Crippen LogP contribution in [0.1, 0.15) is 18.1 Å². The van der Waals surface area contributed by atoms with E-state index in [4.69, 9.17) is 0 Å². The zero-order valence-corrected chi connectivity index (χ0v) is 14.6. The van der Waals surface area contributed by atoms with Crippen LogP contribution in [0.5, 0.6) is 0 Å². The number of aromatic amines is 1. The molecule has 0 aliphatic heterocycles. The maximum Gasteiger partial charge on any atom is 0.332 e. The molecule has 0 bridgehead atoms. The Kier molecular flexibility index (Phi) is 7.35. The first-order valence-electron chi connectivity index (χ1n) is 7.18. The van der Waals surface area contributed by atoms with Crippen LogP contribution >= 0.6 is 7.80 Å². The summed E-state index contributed by atoms with van der Waals surface area (Å²) in [5.41, 5.74) is 5.17. The fourth-order valence-corrected chi connectivity index (χ4v) is 1.96. The van der Waals surface area contributed by atoms with E-state index in [0.717, 1.165) is 13.0 Å². The number of benzene rings is 1. The lowest BCUT2D eigenvalue weighted by Crippen LogP contribution is -2.10. The highest BCUT2D eigenvalue weighted by atomic mass is 31.1. The molecule has 1 aromatic heterocycles. The van der Waals surface area contributed by atoms with E-state index in [1.54, 1.807) is 13.3 Å². The number of aromatic nitrogens is 1. The second kappa shape index (κ2) is 8.76. The van der Waals surface area contributed by atoms with Crippen LogP contribution in [-0.2, 0) is 17.5 Å². The highest BCUT2D eigenvalue weighted by molar-refractivity contribution is 7.42. The summed E-state index contributed by atoms with van der Waals surface area (Å²) in [7, 11) is 3.31. The Bertz CT molecular complexity index is 554. The van der Waals surface area contributed by atoms with E-state index in [0.29, 0.717) is 0 Å². The number of rotatable bonds is 4. The van der Waals surface area contributed by atoms with Crippen molar-refractivity contribution in [1.82, 2.24) is 9.88 Å². The monoisotopic (exact) mass is 305 g/mol. The van der Waals surface area contributed by atoms with Crippen LogP contribution in [0.2, 0.25) is 0 Å². The molecular weight excluding hydrogens is 279 g/mol.